The molecule has 0 radical (unpaired) electrons. The molecule has 0 bridgehead atoms. The van der Waals surface area contributed by atoms with Crippen LogP contribution in [-0.2, 0) is 4.79 Å². The van der Waals surface area contributed by atoms with Crippen molar-refractivity contribution in [3.63, 3.8) is 0 Å². The van der Waals surface area contributed by atoms with Gasteiger partial charge in [-0.3, -0.25) is 9.36 Å². The summed E-state index contributed by atoms with van der Waals surface area (Å²) in [6.45, 7) is 1.89. The number of para-hydroxylation sites is 2. The van der Waals surface area contributed by atoms with E-state index in [2.05, 4.69) is 31.4 Å². The molecular weight excluding hydrogens is 524 g/mol. The number of benzene rings is 3. The first-order valence-electron chi connectivity index (χ1n) is 10.1. The fourth-order valence-electron chi connectivity index (χ4n) is 3.10. The second kappa shape index (κ2) is 10.9. The summed E-state index contributed by atoms with van der Waals surface area (Å²) >= 11 is 11.0. The summed E-state index contributed by atoms with van der Waals surface area (Å²) in [5.74, 6) is 1.22. The number of hydrogen-bond acceptors (Lipinski definition) is 5. The van der Waals surface area contributed by atoms with Crippen LogP contribution in [0.15, 0.2) is 88.5 Å². The van der Waals surface area contributed by atoms with Crippen LogP contribution in [-0.4, -0.2) is 26.4 Å². The minimum atomic E-state index is -0.427. The number of rotatable bonds is 8. The van der Waals surface area contributed by atoms with Gasteiger partial charge in [0.05, 0.1) is 10.8 Å². The molecule has 1 aromatic heterocycles. The molecule has 0 fully saturated rings. The number of nitrogens with one attached hydrogen (secondary N) is 1. The van der Waals surface area contributed by atoms with Crippen LogP contribution >= 0.6 is 39.3 Å². The molecule has 6 nitrogen and oxygen atoms in total. The monoisotopic (exact) mass is 542 g/mol. The van der Waals surface area contributed by atoms with Gasteiger partial charge in [-0.05, 0) is 55.5 Å². The second-order valence-corrected chi connectivity index (χ2v) is 9.31. The molecular formula is C24H20BrClN4O2S. The average Bonchev–Trinajstić information content (AvgIpc) is 3.25. The van der Waals surface area contributed by atoms with Gasteiger partial charge in [-0.2, -0.15) is 0 Å². The molecule has 3 aromatic carbocycles. The van der Waals surface area contributed by atoms with E-state index in [1.165, 1.54) is 11.8 Å². The molecule has 0 aliphatic heterocycles. The molecule has 1 atom stereocenters. The van der Waals surface area contributed by atoms with Gasteiger partial charge in [0, 0.05) is 15.8 Å². The predicted octanol–water partition coefficient (Wildman–Crippen LogP) is 6.55. The highest BCUT2D eigenvalue weighted by molar-refractivity contribution is 9.10. The molecule has 4 rings (SSSR count). The van der Waals surface area contributed by atoms with Crippen molar-refractivity contribution in [2.75, 3.05) is 11.1 Å². The minimum absolute atomic E-state index is 0.133. The number of ether oxygens (including phenoxy) is 1. The van der Waals surface area contributed by atoms with Crippen LogP contribution in [0.4, 0.5) is 5.69 Å². The fraction of sp³-hybridized carbons (Fsp3) is 0.125. The Morgan fingerprint density at radius 2 is 1.76 bits per heavy atom. The third-order valence-electron chi connectivity index (χ3n) is 4.64. The highest BCUT2D eigenvalue weighted by Crippen LogP contribution is 2.31. The second-order valence-electron chi connectivity index (χ2n) is 7.05. The molecule has 9 heteroatoms. The maximum atomic E-state index is 12.5. The molecule has 168 valence electrons. The standard InChI is InChI=1S/C24H20BrClN4O2S/c1-16(32-21-10-6-5-9-20(21)26)23-28-29-24(30(23)19-7-3-2-4-8-19)33-15-22(31)27-18-13-11-17(25)12-14-18/h2-14,16H,15H2,1H3,(H,27,31). The van der Waals surface area contributed by atoms with Gasteiger partial charge in [0.25, 0.3) is 0 Å². The molecule has 0 spiro atoms. The largest absolute Gasteiger partial charge is 0.481 e. The van der Waals surface area contributed by atoms with E-state index >= 15 is 0 Å². The predicted molar refractivity (Wildman–Crippen MR) is 135 cm³/mol. The zero-order chi connectivity index (χ0) is 23.2. The Kier molecular flexibility index (Phi) is 7.69. The summed E-state index contributed by atoms with van der Waals surface area (Å²) in [6.07, 6.45) is -0.427. The lowest BCUT2D eigenvalue weighted by molar-refractivity contribution is -0.113. The Balaban J connectivity index is 1.54. The molecule has 1 amide bonds. The summed E-state index contributed by atoms with van der Waals surface area (Å²) in [4.78, 5) is 12.5. The summed E-state index contributed by atoms with van der Waals surface area (Å²) in [7, 11) is 0. The lowest BCUT2D eigenvalue weighted by atomic mass is 10.3. The zero-order valence-corrected chi connectivity index (χ0v) is 20.8. The third-order valence-corrected chi connectivity index (χ3v) is 6.41. The fourth-order valence-corrected chi connectivity index (χ4v) is 4.31. The molecule has 0 aliphatic rings. The van der Waals surface area contributed by atoms with Crippen LogP contribution in [0.3, 0.4) is 0 Å². The Labute approximate surface area is 209 Å². The SMILES string of the molecule is CC(Oc1ccccc1Cl)c1nnc(SCC(=O)Nc2ccc(Br)cc2)n1-c1ccccc1. The maximum absolute atomic E-state index is 12.5. The topological polar surface area (TPSA) is 69.0 Å². The van der Waals surface area contributed by atoms with Gasteiger partial charge in [0.2, 0.25) is 5.91 Å². The van der Waals surface area contributed by atoms with Gasteiger partial charge in [0.1, 0.15) is 5.75 Å². The van der Waals surface area contributed by atoms with Crippen LogP contribution < -0.4 is 10.1 Å². The van der Waals surface area contributed by atoms with Gasteiger partial charge < -0.3 is 10.1 Å². The van der Waals surface area contributed by atoms with E-state index in [0.717, 1.165) is 15.8 Å². The van der Waals surface area contributed by atoms with E-state index in [1.54, 1.807) is 6.07 Å². The molecule has 0 saturated heterocycles. The number of thioether (sulfide) groups is 1. The first-order chi connectivity index (χ1) is 16.0. The molecule has 0 saturated carbocycles. The molecule has 1 heterocycles. The van der Waals surface area contributed by atoms with Crippen molar-refractivity contribution in [2.24, 2.45) is 0 Å². The Morgan fingerprint density at radius 1 is 1.06 bits per heavy atom. The van der Waals surface area contributed by atoms with Gasteiger partial charge >= 0.3 is 0 Å². The van der Waals surface area contributed by atoms with Crippen molar-refractivity contribution < 1.29 is 9.53 Å². The van der Waals surface area contributed by atoms with Crippen LogP contribution in [0.2, 0.25) is 5.02 Å². The van der Waals surface area contributed by atoms with E-state index in [9.17, 15) is 4.79 Å². The first-order valence-corrected chi connectivity index (χ1v) is 12.3. The highest BCUT2D eigenvalue weighted by Gasteiger charge is 2.22. The summed E-state index contributed by atoms with van der Waals surface area (Å²) in [5, 5.41) is 12.7. The van der Waals surface area contributed by atoms with E-state index in [1.807, 2.05) is 84.3 Å². The minimum Gasteiger partial charge on any atom is -0.481 e. The number of aromatic nitrogens is 3. The van der Waals surface area contributed by atoms with E-state index in [4.69, 9.17) is 16.3 Å². The van der Waals surface area contributed by atoms with Crippen molar-refractivity contribution in [1.82, 2.24) is 14.8 Å². The number of halogens is 2. The van der Waals surface area contributed by atoms with Crippen LogP contribution in [0.25, 0.3) is 5.69 Å². The van der Waals surface area contributed by atoms with E-state index < -0.39 is 6.10 Å². The van der Waals surface area contributed by atoms with Crippen molar-refractivity contribution >= 4 is 50.9 Å². The average molecular weight is 544 g/mol. The number of carbonyl (C=O) groups is 1. The normalized spacial score (nSPS) is 11.7. The Hall–Kier alpha value is -2.81. The molecule has 33 heavy (non-hydrogen) atoms. The quantitative estimate of drug-likeness (QED) is 0.255. The lowest BCUT2D eigenvalue weighted by Crippen LogP contribution is -2.15. The third kappa shape index (κ3) is 5.96. The number of anilines is 1. The van der Waals surface area contributed by atoms with E-state index in [-0.39, 0.29) is 11.7 Å². The maximum Gasteiger partial charge on any atom is 0.234 e. The summed E-state index contributed by atoms with van der Waals surface area (Å²) in [6, 6.07) is 24.5. The van der Waals surface area contributed by atoms with Crippen LogP contribution in [0.1, 0.15) is 18.9 Å². The van der Waals surface area contributed by atoms with Crippen molar-refractivity contribution in [3.8, 4) is 11.4 Å². The van der Waals surface area contributed by atoms with Crippen molar-refractivity contribution in [2.45, 2.75) is 18.2 Å². The van der Waals surface area contributed by atoms with Crippen molar-refractivity contribution in [3.05, 3.63) is 94.2 Å². The lowest BCUT2D eigenvalue weighted by Gasteiger charge is -2.17. The molecule has 0 aliphatic carbocycles. The molecule has 1 N–H and O–H groups in total. The Bertz CT molecular complexity index is 1230. The van der Waals surface area contributed by atoms with E-state index in [0.29, 0.717) is 21.8 Å². The number of nitrogens with zero attached hydrogens (tertiary/aromatic N) is 3. The molecule has 1 unspecified atom stereocenters. The van der Waals surface area contributed by atoms with Crippen LogP contribution in [0.5, 0.6) is 5.75 Å². The number of amides is 1. The van der Waals surface area contributed by atoms with Crippen molar-refractivity contribution in [1.29, 1.82) is 0 Å². The summed E-state index contributed by atoms with van der Waals surface area (Å²) in [5.41, 5.74) is 1.61. The Morgan fingerprint density at radius 3 is 2.48 bits per heavy atom. The van der Waals surface area contributed by atoms with Gasteiger partial charge in [-0.1, -0.05) is 69.6 Å². The number of hydrogen-bond donors (Lipinski definition) is 1. The first kappa shape index (κ1) is 23.4. The highest BCUT2D eigenvalue weighted by atomic mass is 79.9. The zero-order valence-electron chi connectivity index (χ0n) is 17.6. The van der Waals surface area contributed by atoms with Crippen LogP contribution in [0, 0.1) is 0 Å². The van der Waals surface area contributed by atoms with Gasteiger partial charge in [-0.25, -0.2) is 0 Å². The molecule has 4 aromatic rings. The number of carbonyl (C=O) groups excluding carboxylic acids is 1. The van der Waals surface area contributed by atoms with Gasteiger partial charge in [0.15, 0.2) is 17.1 Å². The smallest absolute Gasteiger partial charge is 0.234 e. The summed E-state index contributed by atoms with van der Waals surface area (Å²) < 4.78 is 8.93. The van der Waals surface area contributed by atoms with Gasteiger partial charge in [-0.15, -0.1) is 10.2 Å².